The Morgan fingerprint density at radius 3 is 2.59 bits per heavy atom. The van der Waals surface area contributed by atoms with Gasteiger partial charge in [-0.1, -0.05) is 48.5 Å². The maximum absolute atomic E-state index is 12.7. The van der Waals surface area contributed by atoms with Gasteiger partial charge >= 0.3 is 0 Å². The zero-order valence-electron chi connectivity index (χ0n) is 12.3. The van der Waals surface area contributed by atoms with E-state index >= 15 is 0 Å². The Bertz CT molecular complexity index is 774. The van der Waals surface area contributed by atoms with E-state index in [4.69, 9.17) is 6.42 Å². The molecule has 0 spiro atoms. The number of amides is 1. The minimum Gasteiger partial charge on any atom is -0.300 e. The lowest BCUT2D eigenvalue weighted by molar-refractivity contribution is -0.122. The van der Waals surface area contributed by atoms with Crippen molar-refractivity contribution in [2.45, 2.75) is 24.8 Å². The molecule has 22 heavy (non-hydrogen) atoms. The average Bonchev–Trinajstić information content (AvgIpc) is 2.93. The highest BCUT2D eigenvalue weighted by Gasteiger charge is 2.54. The van der Waals surface area contributed by atoms with Gasteiger partial charge in [-0.25, -0.2) is 0 Å². The van der Waals surface area contributed by atoms with Crippen molar-refractivity contribution < 1.29 is 4.79 Å². The highest BCUT2D eigenvalue weighted by molar-refractivity contribution is 5.98. The van der Waals surface area contributed by atoms with E-state index in [1.807, 2.05) is 41.3 Å². The van der Waals surface area contributed by atoms with Gasteiger partial charge in [0, 0.05) is 24.4 Å². The number of para-hydroxylation sites is 1. The quantitative estimate of drug-likeness (QED) is 0.735. The van der Waals surface area contributed by atoms with Crippen LogP contribution in [0.4, 0.5) is 5.69 Å². The van der Waals surface area contributed by atoms with Gasteiger partial charge in [0.1, 0.15) is 0 Å². The van der Waals surface area contributed by atoms with Crippen LogP contribution in [-0.2, 0) is 16.8 Å². The second-order valence-electron chi connectivity index (χ2n) is 6.08. The first-order valence-corrected chi connectivity index (χ1v) is 7.70. The molecule has 1 fully saturated rings. The van der Waals surface area contributed by atoms with Crippen LogP contribution in [0.1, 0.15) is 24.0 Å². The predicted octanol–water partition coefficient (Wildman–Crippen LogP) is 3.51. The molecule has 2 nitrogen and oxygen atoms in total. The normalized spacial score (nSPS) is 26.2. The van der Waals surface area contributed by atoms with E-state index < -0.39 is 5.54 Å². The Labute approximate surface area is 130 Å². The van der Waals surface area contributed by atoms with E-state index in [0.29, 0.717) is 6.42 Å². The summed E-state index contributed by atoms with van der Waals surface area (Å²) in [6, 6.07) is 18.4. The summed E-state index contributed by atoms with van der Waals surface area (Å²) in [4.78, 5) is 14.7. The Kier molecular flexibility index (Phi) is 2.84. The number of fused-ring (bicyclic) bond motifs is 3. The van der Waals surface area contributed by atoms with Crippen LogP contribution in [0.2, 0.25) is 0 Å². The number of carbonyl (C=O) groups is 1. The molecule has 0 aromatic heterocycles. The smallest absolute Gasteiger partial charge is 0.227 e. The van der Waals surface area contributed by atoms with E-state index in [1.54, 1.807) is 0 Å². The molecular weight excluding hydrogens is 270 g/mol. The number of rotatable bonds is 1. The van der Waals surface area contributed by atoms with Gasteiger partial charge < -0.3 is 4.90 Å². The second-order valence-corrected chi connectivity index (χ2v) is 6.08. The molecule has 1 amide bonds. The van der Waals surface area contributed by atoms with Gasteiger partial charge in [0.2, 0.25) is 5.91 Å². The van der Waals surface area contributed by atoms with Gasteiger partial charge in [0.15, 0.2) is 0 Å². The summed E-state index contributed by atoms with van der Waals surface area (Å²) in [5.74, 6) is 3.20. The van der Waals surface area contributed by atoms with E-state index in [0.717, 1.165) is 24.1 Å². The Hall–Kier alpha value is -2.53. The fraction of sp³-hybridized carbons (Fsp3) is 0.250. The molecule has 1 saturated heterocycles. The predicted molar refractivity (Wildman–Crippen MR) is 87.3 cm³/mol. The van der Waals surface area contributed by atoms with E-state index in [1.165, 1.54) is 5.56 Å². The number of hydrogen-bond donors (Lipinski definition) is 0. The first kappa shape index (κ1) is 13.2. The molecule has 2 heteroatoms. The van der Waals surface area contributed by atoms with Crippen LogP contribution >= 0.6 is 0 Å². The fourth-order valence-corrected chi connectivity index (χ4v) is 4.10. The molecule has 2 aromatic rings. The molecule has 0 saturated carbocycles. The monoisotopic (exact) mass is 287 g/mol. The lowest BCUT2D eigenvalue weighted by Gasteiger charge is -2.46. The number of nitrogens with zero attached hydrogens (tertiary/aromatic N) is 1. The SMILES string of the molecule is C#C[C@@H]1CCC(=O)N2c3ccccc3C[C@]12c1ccccc1. The zero-order valence-corrected chi connectivity index (χ0v) is 12.3. The van der Waals surface area contributed by atoms with Crippen LogP contribution in [0, 0.1) is 18.3 Å². The first-order chi connectivity index (χ1) is 10.8. The van der Waals surface area contributed by atoms with Crippen molar-refractivity contribution >= 4 is 11.6 Å². The summed E-state index contributed by atoms with van der Waals surface area (Å²) in [7, 11) is 0. The van der Waals surface area contributed by atoms with E-state index in [9.17, 15) is 4.79 Å². The topological polar surface area (TPSA) is 20.3 Å². The maximum Gasteiger partial charge on any atom is 0.227 e. The third-order valence-electron chi connectivity index (χ3n) is 5.04. The number of hydrogen-bond acceptors (Lipinski definition) is 1. The van der Waals surface area contributed by atoms with Gasteiger partial charge in [0.25, 0.3) is 0 Å². The van der Waals surface area contributed by atoms with Crippen molar-refractivity contribution in [1.82, 2.24) is 0 Å². The molecule has 2 aromatic carbocycles. The highest BCUT2D eigenvalue weighted by Crippen LogP contribution is 2.52. The van der Waals surface area contributed by atoms with Crippen LogP contribution in [0.25, 0.3) is 0 Å². The molecular formula is C20H17NO. The number of anilines is 1. The van der Waals surface area contributed by atoms with Crippen LogP contribution in [0.3, 0.4) is 0 Å². The van der Waals surface area contributed by atoms with Crippen molar-refractivity contribution in [3.63, 3.8) is 0 Å². The van der Waals surface area contributed by atoms with Gasteiger partial charge in [-0.3, -0.25) is 4.79 Å². The number of benzene rings is 2. The molecule has 0 radical (unpaired) electrons. The molecule has 2 heterocycles. The summed E-state index contributed by atoms with van der Waals surface area (Å²) in [5.41, 5.74) is 2.95. The first-order valence-electron chi connectivity index (χ1n) is 7.70. The summed E-state index contributed by atoms with van der Waals surface area (Å²) < 4.78 is 0. The zero-order chi connectivity index (χ0) is 15.2. The van der Waals surface area contributed by atoms with E-state index in [2.05, 4.69) is 24.1 Å². The number of carbonyl (C=O) groups excluding carboxylic acids is 1. The van der Waals surface area contributed by atoms with Gasteiger partial charge in [-0.15, -0.1) is 12.3 Å². The standard InChI is InChI=1S/C20H17NO/c1-2-16-12-13-19(22)21-18-11-7-6-8-15(18)14-20(16,21)17-9-4-3-5-10-17/h1,3-11,16H,12-14H2/t16-,20-/m1/s1. The Morgan fingerprint density at radius 1 is 1.09 bits per heavy atom. The molecule has 4 rings (SSSR count). The highest BCUT2D eigenvalue weighted by atomic mass is 16.2. The van der Waals surface area contributed by atoms with Crippen molar-refractivity contribution in [2.75, 3.05) is 4.90 Å². The molecule has 2 aliphatic heterocycles. The fourth-order valence-electron chi connectivity index (χ4n) is 4.10. The molecule has 2 atom stereocenters. The average molecular weight is 287 g/mol. The van der Waals surface area contributed by atoms with Crippen LogP contribution in [0.5, 0.6) is 0 Å². The van der Waals surface area contributed by atoms with Gasteiger partial charge in [-0.05, 0) is 23.6 Å². The minimum atomic E-state index is -0.422. The minimum absolute atomic E-state index is 0.0417. The maximum atomic E-state index is 12.7. The Morgan fingerprint density at radius 2 is 1.82 bits per heavy atom. The van der Waals surface area contributed by atoms with E-state index in [-0.39, 0.29) is 11.8 Å². The van der Waals surface area contributed by atoms with Crippen LogP contribution in [-0.4, -0.2) is 5.91 Å². The lowest BCUT2D eigenvalue weighted by atomic mass is 9.71. The van der Waals surface area contributed by atoms with Crippen molar-refractivity contribution in [3.8, 4) is 12.3 Å². The third kappa shape index (κ3) is 1.60. The summed E-state index contributed by atoms with van der Waals surface area (Å²) >= 11 is 0. The largest absolute Gasteiger partial charge is 0.300 e. The Balaban J connectivity index is 1.99. The molecule has 108 valence electrons. The van der Waals surface area contributed by atoms with Crippen LogP contribution in [0.15, 0.2) is 54.6 Å². The summed E-state index contributed by atoms with van der Waals surface area (Å²) in [5, 5.41) is 0. The second kappa shape index (κ2) is 4.74. The molecule has 0 unspecified atom stereocenters. The summed E-state index contributed by atoms with van der Waals surface area (Å²) in [6.07, 6.45) is 7.96. The van der Waals surface area contributed by atoms with Crippen molar-refractivity contribution in [3.05, 3.63) is 65.7 Å². The van der Waals surface area contributed by atoms with Gasteiger partial charge in [-0.2, -0.15) is 0 Å². The summed E-state index contributed by atoms with van der Waals surface area (Å²) in [6.45, 7) is 0. The van der Waals surface area contributed by atoms with Crippen molar-refractivity contribution in [1.29, 1.82) is 0 Å². The molecule has 0 N–H and O–H groups in total. The lowest BCUT2D eigenvalue weighted by Crippen LogP contribution is -2.55. The number of piperidine rings is 1. The van der Waals surface area contributed by atoms with Gasteiger partial charge in [0.05, 0.1) is 5.54 Å². The third-order valence-corrected chi connectivity index (χ3v) is 5.04. The number of terminal acetylenes is 1. The van der Waals surface area contributed by atoms with Crippen molar-refractivity contribution in [2.24, 2.45) is 5.92 Å². The molecule has 0 bridgehead atoms. The van der Waals surface area contributed by atoms with Crippen LogP contribution < -0.4 is 4.90 Å². The molecule has 2 aliphatic rings. The molecule has 0 aliphatic carbocycles.